The molecule has 4 rings (SSSR count). The zero-order chi connectivity index (χ0) is 34.1. The number of carboxylic acids is 1. The van der Waals surface area contributed by atoms with Crippen LogP contribution in [0.2, 0.25) is 0 Å². The van der Waals surface area contributed by atoms with Crippen molar-refractivity contribution in [2.45, 2.75) is 78.1 Å². The number of nitrogens with one attached hydrogen (secondary N) is 1. The number of aromatic nitrogens is 1. The van der Waals surface area contributed by atoms with E-state index in [0.29, 0.717) is 11.6 Å². The van der Waals surface area contributed by atoms with Gasteiger partial charge in [0.15, 0.2) is 0 Å². The zero-order valence-corrected chi connectivity index (χ0v) is 27.0. The van der Waals surface area contributed by atoms with Crippen molar-refractivity contribution >= 4 is 11.9 Å². The number of nitrogens with zero attached hydrogens (tertiary/aromatic N) is 2. The van der Waals surface area contributed by atoms with Gasteiger partial charge in [0.05, 0.1) is 18.0 Å². The van der Waals surface area contributed by atoms with Crippen LogP contribution in [-0.2, 0) is 22.2 Å². The van der Waals surface area contributed by atoms with Crippen molar-refractivity contribution in [2.24, 2.45) is 5.92 Å². The van der Waals surface area contributed by atoms with E-state index in [0.717, 1.165) is 45.9 Å². The molecule has 1 aliphatic carbocycles. The number of benzene rings is 2. The topological polar surface area (TPSA) is 91.6 Å². The minimum absolute atomic E-state index is 0.0172. The molecule has 1 unspecified atom stereocenters. The molecule has 1 aliphatic rings. The number of hydrogen-bond acceptors (Lipinski definition) is 4. The predicted octanol–water partition coefficient (Wildman–Crippen LogP) is 6.68. The first-order valence-corrected chi connectivity index (χ1v) is 15.3. The Labute approximate surface area is 266 Å². The second kappa shape index (κ2) is 13.8. The SMILES string of the molecule is Cc1cc(C)c(-c2cc(C)c(F)c([C@H](CC(=O)O)NC(=O)C(CC3CC3)n3cc(CCN(C)C)c(C(F)(F)F)cc3=O)c2)c(C)c1. The van der Waals surface area contributed by atoms with Gasteiger partial charge in [0.25, 0.3) is 5.56 Å². The van der Waals surface area contributed by atoms with E-state index in [9.17, 15) is 32.7 Å². The molecule has 2 aromatic carbocycles. The number of halogens is 4. The van der Waals surface area contributed by atoms with Gasteiger partial charge in [-0.15, -0.1) is 0 Å². The number of carboxylic acid groups (broad SMARTS) is 1. The lowest BCUT2D eigenvalue weighted by Crippen LogP contribution is -2.40. The Bertz CT molecular complexity index is 1670. The first-order chi connectivity index (χ1) is 21.5. The molecule has 1 fully saturated rings. The average molecular weight is 644 g/mol. The molecule has 0 aliphatic heterocycles. The Morgan fingerprint density at radius 2 is 1.65 bits per heavy atom. The lowest BCUT2D eigenvalue weighted by Gasteiger charge is -2.26. The molecule has 11 heteroatoms. The molecular formula is C35H41F4N3O4. The summed E-state index contributed by atoms with van der Waals surface area (Å²) in [7, 11) is 3.43. The first kappa shape index (κ1) is 34.9. The highest BCUT2D eigenvalue weighted by atomic mass is 19.4. The minimum atomic E-state index is -4.77. The van der Waals surface area contributed by atoms with Crippen molar-refractivity contribution in [3.05, 3.63) is 91.6 Å². The highest BCUT2D eigenvalue weighted by molar-refractivity contribution is 5.82. The van der Waals surface area contributed by atoms with Crippen LogP contribution in [0.4, 0.5) is 17.6 Å². The van der Waals surface area contributed by atoms with Crippen LogP contribution in [0.1, 0.15) is 76.7 Å². The van der Waals surface area contributed by atoms with Crippen molar-refractivity contribution in [1.82, 2.24) is 14.8 Å². The molecule has 1 heterocycles. The van der Waals surface area contributed by atoms with E-state index in [1.54, 1.807) is 38.1 Å². The second-order valence-electron chi connectivity index (χ2n) is 12.8. The van der Waals surface area contributed by atoms with Crippen molar-refractivity contribution in [3.63, 3.8) is 0 Å². The van der Waals surface area contributed by atoms with Gasteiger partial charge in [-0.2, -0.15) is 13.2 Å². The third-order valence-corrected chi connectivity index (χ3v) is 8.51. The highest BCUT2D eigenvalue weighted by Crippen LogP contribution is 2.39. The maximum Gasteiger partial charge on any atom is 0.416 e. The maximum atomic E-state index is 15.8. The fraction of sp³-hybridized carbons (Fsp3) is 0.457. The highest BCUT2D eigenvalue weighted by Gasteiger charge is 2.37. The molecular weight excluding hydrogens is 602 g/mol. The second-order valence-corrected chi connectivity index (χ2v) is 12.8. The zero-order valence-electron chi connectivity index (χ0n) is 27.0. The molecule has 0 saturated heterocycles. The van der Waals surface area contributed by atoms with Crippen LogP contribution in [0, 0.1) is 39.4 Å². The van der Waals surface area contributed by atoms with Crippen LogP contribution in [0.3, 0.4) is 0 Å². The normalized spacial score (nSPS) is 14.8. The van der Waals surface area contributed by atoms with Gasteiger partial charge >= 0.3 is 12.1 Å². The number of carbonyl (C=O) groups is 2. The van der Waals surface area contributed by atoms with Gasteiger partial charge in [-0.05, 0) is 106 Å². The third kappa shape index (κ3) is 8.23. The summed E-state index contributed by atoms with van der Waals surface area (Å²) in [6.07, 6.45) is -2.59. The van der Waals surface area contributed by atoms with E-state index in [1.165, 1.54) is 0 Å². The Balaban J connectivity index is 1.79. The Hall–Kier alpha value is -3.99. The van der Waals surface area contributed by atoms with Crippen molar-refractivity contribution in [1.29, 1.82) is 0 Å². The molecule has 0 spiro atoms. The van der Waals surface area contributed by atoms with Crippen LogP contribution in [0.15, 0.2) is 41.3 Å². The minimum Gasteiger partial charge on any atom is -0.481 e. The number of alkyl halides is 3. The number of aliphatic carboxylic acids is 1. The van der Waals surface area contributed by atoms with E-state index >= 15 is 4.39 Å². The van der Waals surface area contributed by atoms with Gasteiger partial charge in [-0.1, -0.05) is 30.5 Å². The summed E-state index contributed by atoms with van der Waals surface area (Å²) in [5.41, 5.74) is 2.53. The van der Waals surface area contributed by atoms with Crippen molar-refractivity contribution < 1.29 is 32.3 Å². The van der Waals surface area contributed by atoms with Gasteiger partial charge < -0.3 is 19.9 Å². The summed E-state index contributed by atoms with van der Waals surface area (Å²) in [6.45, 7) is 7.67. The third-order valence-electron chi connectivity index (χ3n) is 8.51. The average Bonchev–Trinajstić information content (AvgIpc) is 3.75. The van der Waals surface area contributed by atoms with Gasteiger partial charge in [0.1, 0.15) is 11.9 Å². The number of carbonyl (C=O) groups excluding carboxylic acids is 1. The number of amides is 1. The Morgan fingerprint density at radius 1 is 1.02 bits per heavy atom. The Kier molecular flexibility index (Phi) is 10.5. The van der Waals surface area contributed by atoms with Gasteiger partial charge in [0, 0.05) is 24.4 Å². The summed E-state index contributed by atoms with van der Waals surface area (Å²) < 4.78 is 58.5. The molecule has 248 valence electrons. The number of hydrogen-bond donors (Lipinski definition) is 2. The first-order valence-electron chi connectivity index (χ1n) is 15.3. The van der Waals surface area contributed by atoms with Gasteiger partial charge in [0.2, 0.25) is 5.91 Å². The molecule has 46 heavy (non-hydrogen) atoms. The standard InChI is InChI=1S/C35H41F4N3O4/c1-19-11-20(2)32(21(3)12-19)25-13-22(4)33(36)26(15-25)28(17-31(44)45)40-34(46)29(14-23-7-8-23)42-18-24(9-10-41(5)6)27(16-30(42)43)35(37,38)39/h11-13,15-16,18,23,28-29H,7-10,14,17H2,1-6H3,(H,40,46)(H,44,45)/t28-,29?/m0/s1. The molecule has 0 radical (unpaired) electrons. The molecule has 1 amide bonds. The van der Waals surface area contributed by atoms with Gasteiger partial charge in [-0.3, -0.25) is 14.4 Å². The largest absolute Gasteiger partial charge is 0.481 e. The van der Waals surface area contributed by atoms with E-state index in [-0.39, 0.29) is 42.0 Å². The fourth-order valence-corrected chi connectivity index (χ4v) is 6.17. The van der Waals surface area contributed by atoms with Crippen LogP contribution in [0.5, 0.6) is 0 Å². The van der Waals surface area contributed by atoms with E-state index in [4.69, 9.17) is 0 Å². The van der Waals surface area contributed by atoms with E-state index in [2.05, 4.69) is 5.32 Å². The van der Waals surface area contributed by atoms with Gasteiger partial charge in [-0.25, -0.2) is 4.39 Å². The Morgan fingerprint density at radius 3 is 2.20 bits per heavy atom. The summed E-state index contributed by atoms with van der Waals surface area (Å²) in [6, 6.07) is 5.20. The quantitative estimate of drug-likeness (QED) is 0.215. The summed E-state index contributed by atoms with van der Waals surface area (Å²) in [5, 5.41) is 12.5. The number of aryl methyl sites for hydroxylation is 4. The van der Waals surface area contributed by atoms with E-state index < -0.39 is 53.5 Å². The lowest BCUT2D eigenvalue weighted by atomic mass is 9.89. The lowest BCUT2D eigenvalue weighted by molar-refractivity contribution is -0.139. The predicted molar refractivity (Wildman–Crippen MR) is 168 cm³/mol. The molecule has 7 nitrogen and oxygen atoms in total. The van der Waals surface area contributed by atoms with Crippen molar-refractivity contribution in [3.8, 4) is 11.1 Å². The summed E-state index contributed by atoms with van der Waals surface area (Å²) >= 11 is 0. The number of rotatable bonds is 12. The molecule has 3 aromatic rings. The van der Waals surface area contributed by atoms with Crippen LogP contribution in [0.25, 0.3) is 11.1 Å². The molecule has 2 N–H and O–H groups in total. The monoisotopic (exact) mass is 643 g/mol. The molecule has 2 atom stereocenters. The van der Waals surface area contributed by atoms with Crippen LogP contribution < -0.4 is 10.9 Å². The fourth-order valence-electron chi connectivity index (χ4n) is 6.17. The summed E-state index contributed by atoms with van der Waals surface area (Å²) in [5.74, 6) is -2.65. The maximum absolute atomic E-state index is 15.8. The summed E-state index contributed by atoms with van der Waals surface area (Å²) in [4.78, 5) is 40.8. The molecule has 1 aromatic heterocycles. The molecule has 1 saturated carbocycles. The number of likely N-dealkylation sites (N-methyl/N-ethyl adjacent to an activating group) is 1. The van der Waals surface area contributed by atoms with Crippen molar-refractivity contribution in [2.75, 3.05) is 20.6 Å². The van der Waals surface area contributed by atoms with Crippen LogP contribution in [-0.4, -0.2) is 47.1 Å². The molecule has 0 bridgehead atoms. The van der Waals surface area contributed by atoms with Crippen LogP contribution >= 0.6 is 0 Å². The number of pyridine rings is 1. The smallest absolute Gasteiger partial charge is 0.416 e. The van der Waals surface area contributed by atoms with E-state index in [1.807, 2.05) is 32.9 Å².